The van der Waals surface area contributed by atoms with Crippen molar-refractivity contribution in [2.45, 2.75) is 50.1 Å². The number of benzene rings is 1. The maximum atomic E-state index is 5.57. The molecule has 1 aromatic carbocycles. The molecule has 0 aliphatic carbocycles. The van der Waals surface area contributed by atoms with Gasteiger partial charge in [-0.3, -0.25) is 9.89 Å². The van der Waals surface area contributed by atoms with Crippen LogP contribution in [0.1, 0.15) is 38.5 Å². The highest BCUT2D eigenvalue weighted by Crippen LogP contribution is 2.32. The summed E-state index contributed by atoms with van der Waals surface area (Å²) in [6, 6.07) is 8.69. The highest BCUT2D eigenvalue weighted by Gasteiger charge is 2.39. The van der Waals surface area contributed by atoms with Crippen molar-refractivity contribution in [2.75, 3.05) is 71.9 Å². The van der Waals surface area contributed by atoms with Gasteiger partial charge in [-0.05, 0) is 77.5 Å². The van der Waals surface area contributed by atoms with Crippen molar-refractivity contribution in [1.82, 2.24) is 20.4 Å². The topological polar surface area (TPSA) is 55.4 Å². The normalized spacial score (nSPS) is 25.0. The van der Waals surface area contributed by atoms with Crippen LogP contribution in [0.5, 0.6) is 5.75 Å². The second-order valence-corrected chi connectivity index (χ2v) is 9.75. The first-order valence-corrected chi connectivity index (χ1v) is 12.4. The number of methoxy groups -OCH3 is 1. The van der Waals surface area contributed by atoms with Crippen molar-refractivity contribution in [3.8, 4) is 5.75 Å². The number of hydrogen-bond acceptors (Lipinski definition) is 5. The minimum atomic E-state index is 0.254. The van der Waals surface area contributed by atoms with E-state index in [1.807, 2.05) is 19.2 Å². The SMILES string of the molecule is CN=C(NCC1(N2CCCCC2)CCN(C)CC1)NC1CCN(c2ccccc2OC)C1. The molecule has 0 bridgehead atoms. The molecule has 7 nitrogen and oxygen atoms in total. The van der Waals surface area contributed by atoms with Gasteiger partial charge in [-0.25, -0.2) is 0 Å². The molecule has 1 atom stereocenters. The van der Waals surface area contributed by atoms with Crippen LogP contribution in [0.4, 0.5) is 5.69 Å². The molecule has 1 unspecified atom stereocenters. The number of piperidine rings is 2. The molecule has 0 spiro atoms. The Bertz CT molecular complexity index is 755. The molecule has 2 N–H and O–H groups in total. The average Bonchev–Trinajstić information content (AvgIpc) is 3.32. The van der Waals surface area contributed by atoms with Gasteiger partial charge < -0.3 is 25.2 Å². The summed E-state index contributed by atoms with van der Waals surface area (Å²) in [5.41, 5.74) is 1.43. The van der Waals surface area contributed by atoms with E-state index < -0.39 is 0 Å². The van der Waals surface area contributed by atoms with E-state index in [0.29, 0.717) is 6.04 Å². The zero-order valence-electron chi connectivity index (χ0n) is 20.3. The van der Waals surface area contributed by atoms with Gasteiger partial charge in [0.05, 0.1) is 12.8 Å². The third-order valence-corrected chi connectivity index (χ3v) is 7.71. The van der Waals surface area contributed by atoms with Crippen LogP contribution in [0.25, 0.3) is 0 Å². The molecule has 3 saturated heterocycles. The van der Waals surface area contributed by atoms with E-state index in [4.69, 9.17) is 4.74 Å². The van der Waals surface area contributed by atoms with E-state index in [1.165, 1.54) is 64.0 Å². The molecule has 178 valence electrons. The summed E-state index contributed by atoms with van der Waals surface area (Å²) in [6.07, 6.45) is 7.63. The van der Waals surface area contributed by atoms with Crippen LogP contribution in [0.15, 0.2) is 29.3 Å². The smallest absolute Gasteiger partial charge is 0.191 e. The Morgan fingerprint density at radius 2 is 1.84 bits per heavy atom. The molecular weight excluding hydrogens is 400 g/mol. The number of nitrogens with one attached hydrogen (secondary N) is 2. The van der Waals surface area contributed by atoms with Crippen molar-refractivity contribution in [1.29, 1.82) is 0 Å². The number of ether oxygens (including phenoxy) is 1. The van der Waals surface area contributed by atoms with Crippen LogP contribution >= 0.6 is 0 Å². The molecule has 3 fully saturated rings. The maximum absolute atomic E-state index is 5.57. The van der Waals surface area contributed by atoms with E-state index in [2.05, 4.69) is 49.5 Å². The van der Waals surface area contributed by atoms with E-state index in [9.17, 15) is 0 Å². The van der Waals surface area contributed by atoms with Crippen molar-refractivity contribution in [2.24, 2.45) is 4.99 Å². The maximum Gasteiger partial charge on any atom is 0.191 e. The Hall–Kier alpha value is -1.99. The molecule has 4 rings (SSSR count). The van der Waals surface area contributed by atoms with Crippen LogP contribution in [-0.2, 0) is 0 Å². The first kappa shape index (κ1) is 23.2. The fourth-order valence-corrected chi connectivity index (χ4v) is 5.63. The van der Waals surface area contributed by atoms with Gasteiger partial charge in [0.2, 0.25) is 0 Å². The van der Waals surface area contributed by atoms with Gasteiger partial charge in [-0.2, -0.15) is 0 Å². The minimum Gasteiger partial charge on any atom is -0.495 e. The van der Waals surface area contributed by atoms with Crippen molar-refractivity contribution in [3.05, 3.63) is 24.3 Å². The third-order valence-electron chi connectivity index (χ3n) is 7.71. The Kier molecular flexibility index (Phi) is 7.79. The predicted octanol–water partition coefficient (Wildman–Crippen LogP) is 2.39. The molecule has 3 aliphatic heterocycles. The van der Waals surface area contributed by atoms with Crippen LogP contribution in [0.3, 0.4) is 0 Å². The lowest BCUT2D eigenvalue weighted by atomic mass is 9.84. The first-order chi connectivity index (χ1) is 15.6. The number of para-hydroxylation sites is 2. The van der Waals surface area contributed by atoms with Crippen LogP contribution < -0.4 is 20.3 Å². The lowest BCUT2D eigenvalue weighted by Crippen LogP contribution is -2.62. The summed E-state index contributed by atoms with van der Waals surface area (Å²) < 4.78 is 5.57. The summed E-state index contributed by atoms with van der Waals surface area (Å²) in [5, 5.41) is 7.43. The van der Waals surface area contributed by atoms with E-state index >= 15 is 0 Å². The summed E-state index contributed by atoms with van der Waals surface area (Å²) >= 11 is 0. The van der Waals surface area contributed by atoms with Gasteiger partial charge in [-0.15, -0.1) is 0 Å². The molecule has 3 aliphatic rings. The van der Waals surface area contributed by atoms with Crippen LogP contribution in [-0.4, -0.2) is 94.4 Å². The molecule has 3 heterocycles. The van der Waals surface area contributed by atoms with E-state index in [-0.39, 0.29) is 5.54 Å². The number of aliphatic imine (C=N–C) groups is 1. The molecular formula is C25H42N6O. The average molecular weight is 443 g/mol. The summed E-state index contributed by atoms with van der Waals surface area (Å²) in [4.78, 5) is 12.2. The van der Waals surface area contributed by atoms with Crippen LogP contribution in [0.2, 0.25) is 0 Å². The van der Waals surface area contributed by atoms with Gasteiger partial charge in [0.15, 0.2) is 5.96 Å². The number of hydrogen-bond donors (Lipinski definition) is 2. The lowest BCUT2D eigenvalue weighted by molar-refractivity contribution is 0.0173. The quantitative estimate of drug-likeness (QED) is 0.521. The number of likely N-dealkylation sites (tertiary alicyclic amines) is 2. The zero-order valence-corrected chi connectivity index (χ0v) is 20.3. The predicted molar refractivity (Wildman–Crippen MR) is 133 cm³/mol. The molecule has 0 saturated carbocycles. The number of nitrogens with zero attached hydrogens (tertiary/aromatic N) is 4. The van der Waals surface area contributed by atoms with Crippen molar-refractivity contribution < 1.29 is 4.74 Å². The highest BCUT2D eigenvalue weighted by molar-refractivity contribution is 5.80. The highest BCUT2D eigenvalue weighted by atomic mass is 16.5. The Labute approximate surface area is 194 Å². The molecule has 1 aromatic rings. The van der Waals surface area contributed by atoms with Crippen molar-refractivity contribution >= 4 is 11.6 Å². The Morgan fingerprint density at radius 1 is 1.09 bits per heavy atom. The number of rotatable bonds is 6. The summed E-state index contributed by atoms with van der Waals surface area (Å²) in [6.45, 7) is 7.81. The first-order valence-electron chi connectivity index (χ1n) is 12.4. The number of anilines is 1. The lowest BCUT2D eigenvalue weighted by Gasteiger charge is -2.50. The summed E-state index contributed by atoms with van der Waals surface area (Å²) in [5.74, 6) is 1.88. The summed E-state index contributed by atoms with van der Waals surface area (Å²) in [7, 11) is 5.89. The molecule has 7 heteroatoms. The molecule has 0 amide bonds. The number of guanidine groups is 1. The zero-order chi connectivity index (χ0) is 22.4. The van der Waals surface area contributed by atoms with Gasteiger partial charge in [0.25, 0.3) is 0 Å². The fraction of sp³-hybridized carbons (Fsp3) is 0.720. The van der Waals surface area contributed by atoms with Gasteiger partial charge in [0, 0.05) is 38.3 Å². The molecule has 32 heavy (non-hydrogen) atoms. The van der Waals surface area contributed by atoms with Gasteiger partial charge in [0.1, 0.15) is 5.75 Å². The minimum absolute atomic E-state index is 0.254. The Morgan fingerprint density at radius 3 is 2.56 bits per heavy atom. The second-order valence-electron chi connectivity index (χ2n) is 9.75. The fourth-order valence-electron chi connectivity index (χ4n) is 5.63. The monoisotopic (exact) mass is 442 g/mol. The molecule has 0 aromatic heterocycles. The largest absolute Gasteiger partial charge is 0.495 e. The van der Waals surface area contributed by atoms with E-state index in [1.54, 1.807) is 7.11 Å². The van der Waals surface area contributed by atoms with Gasteiger partial charge >= 0.3 is 0 Å². The Balaban J connectivity index is 1.35. The molecule has 0 radical (unpaired) electrons. The van der Waals surface area contributed by atoms with Gasteiger partial charge in [-0.1, -0.05) is 18.6 Å². The van der Waals surface area contributed by atoms with E-state index in [0.717, 1.165) is 37.8 Å². The van der Waals surface area contributed by atoms with Crippen molar-refractivity contribution in [3.63, 3.8) is 0 Å². The van der Waals surface area contributed by atoms with Crippen LogP contribution in [0, 0.1) is 0 Å². The second kappa shape index (κ2) is 10.8. The standard InChI is InChI=1S/C25H42N6O/c1-26-24(28-21-11-16-30(19-21)22-9-5-6-10-23(22)32-3)27-20-25(12-17-29(2)18-13-25)31-14-7-4-8-15-31/h5-6,9-10,21H,4,7-8,11-20H2,1-3H3,(H2,26,27,28). The third kappa shape index (κ3) is 5.31.